The minimum Gasteiger partial charge on any atom is -0.543 e. The number of halogens is 3. The minimum atomic E-state index is -4.27. The van der Waals surface area contributed by atoms with Crippen LogP contribution in [0.25, 0.3) is 44.8 Å². The molecule has 8 rings (SSSR count). The third-order valence-electron chi connectivity index (χ3n) is 8.37. The van der Waals surface area contributed by atoms with E-state index < -0.39 is 37.7 Å². The molecule has 300 valence electrons. The van der Waals surface area contributed by atoms with E-state index in [1.165, 1.54) is 49.6 Å². The van der Waals surface area contributed by atoms with E-state index >= 15 is 0 Å². The summed E-state index contributed by atoms with van der Waals surface area (Å²) in [4.78, 5) is 43.0. The Morgan fingerprint density at radius 3 is 1.27 bits per heavy atom. The van der Waals surface area contributed by atoms with Gasteiger partial charge in [-0.25, -0.2) is 49.5 Å². The summed E-state index contributed by atoms with van der Waals surface area (Å²) < 4.78 is 59.3. The van der Waals surface area contributed by atoms with Gasteiger partial charge in [-0.3, -0.25) is 0 Å². The van der Waals surface area contributed by atoms with Crippen LogP contribution in [-0.2, 0) is 24.8 Å². The molecule has 4 heterocycles. The fourth-order valence-corrected chi connectivity index (χ4v) is 9.11. The first-order chi connectivity index (χ1) is 28.3. The molecule has 4 aromatic heterocycles. The van der Waals surface area contributed by atoms with Gasteiger partial charge >= 0.3 is 24.8 Å². The number of carbonyl (C=O) groups is 2. The first-order valence-corrected chi connectivity index (χ1v) is 22.7. The molecule has 60 heavy (non-hydrogen) atoms. The van der Waals surface area contributed by atoms with Crippen molar-refractivity contribution in [3.05, 3.63) is 155 Å². The molecule has 0 aliphatic carbocycles. The number of benzene rings is 4. The zero-order valence-electron chi connectivity index (χ0n) is 31.6. The van der Waals surface area contributed by atoms with E-state index in [0.29, 0.717) is 15.1 Å². The van der Waals surface area contributed by atoms with Gasteiger partial charge in [0.05, 0.1) is 39.3 Å². The van der Waals surface area contributed by atoms with Crippen molar-refractivity contribution in [3.8, 4) is 22.8 Å². The van der Waals surface area contributed by atoms with E-state index in [1.54, 1.807) is 78.9 Å². The van der Waals surface area contributed by atoms with E-state index in [1.807, 2.05) is 11.0 Å². The summed E-state index contributed by atoms with van der Waals surface area (Å²) in [5.74, 6) is -2.09. The molecule has 0 N–H and O–H groups in total. The topological polar surface area (TPSA) is 196 Å². The van der Waals surface area contributed by atoms with Gasteiger partial charge in [0.25, 0.3) is 20.0 Å². The Balaban J connectivity index is 0.000000215. The number of aromatic nitrogens is 6. The van der Waals surface area contributed by atoms with E-state index in [2.05, 4.69) is 42.5 Å². The van der Waals surface area contributed by atoms with Crippen molar-refractivity contribution >= 4 is 99.8 Å². The zero-order chi connectivity index (χ0) is 42.5. The number of methoxy groups -OCH3 is 1. The Bertz CT molecular complexity index is 3060. The second kappa shape index (κ2) is 19.5. The van der Waals surface area contributed by atoms with Crippen LogP contribution in [0, 0.1) is 0 Å². The van der Waals surface area contributed by atoms with E-state index in [9.17, 15) is 31.5 Å². The van der Waals surface area contributed by atoms with Crippen LogP contribution >= 0.6 is 45.8 Å². The maximum atomic E-state index is 13.4. The smallest absolute Gasteiger partial charge is 0.543 e. The number of nitrogens with zero attached hydrogens (tertiary/aromatic N) is 6. The van der Waals surface area contributed by atoms with Crippen molar-refractivity contribution in [3.63, 3.8) is 0 Å². The zero-order valence-corrected chi connectivity index (χ0v) is 36.9. The molecular weight excluding hydrogens is 961 g/mol. The summed E-state index contributed by atoms with van der Waals surface area (Å²) in [5.41, 5.74) is 0.315. The third kappa shape index (κ3) is 9.12. The summed E-state index contributed by atoms with van der Waals surface area (Å²) in [5, 5.41) is 11.9. The Labute approximate surface area is 379 Å². The predicted molar refractivity (Wildman–Crippen MR) is 230 cm³/mol. The van der Waals surface area contributed by atoms with Gasteiger partial charge in [0, 0.05) is 11.1 Å². The summed E-state index contributed by atoms with van der Waals surface area (Å²) in [6.45, 7) is 0. The molecule has 0 aliphatic heterocycles. The van der Waals surface area contributed by atoms with Gasteiger partial charge in [-0.2, -0.15) is 0 Å². The summed E-state index contributed by atoms with van der Waals surface area (Å²) in [7, 11) is -7.25. The van der Waals surface area contributed by atoms with E-state index in [-0.39, 0.29) is 78.4 Å². The van der Waals surface area contributed by atoms with Crippen LogP contribution in [0.15, 0.2) is 143 Å². The molecule has 0 unspecified atom stereocenters. The van der Waals surface area contributed by atoms with Gasteiger partial charge in [0.15, 0.2) is 22.9 Å². The summed E-state index contributed by atoms with van der Waals surface area (Å²) in [6.07, 6.45) is 0. The first-order valence-electron chi connectivity index (χ1n) is 16.9. The van der Waals surface area contributed by atoms with Gasteiger partial charge in [-0.15, -0.1) is 0 Å². The number of carboxylic acids is 1. The monoisotopic (exact) mass is 988 g/mol. The Hall–Kier alpha value is -5.13. The van der Waals surface area contributed by atoms with Crippen molar-refractivity contribution in [1.29, 1.82) is 0 Å². The van der Waals surface area contributed by atoms with Crippen LogP contribution in [0.5, 0.6) is 0 Å². The van der Waals surface area contributed by atoms with Crippen LogP contribution in [0.4, 0.5) is 0 Å². The molecule has 0 fully saturated rings. The Kier molecular flexibility index (Phi) is 14.9. The van der Waals surface area contributed by atoms with Gasteiger partial charge in [-0.1, -0.05) is 143 Å². The molecule has 0 bridgehead atoms. The molecule has 20 heteroatoms. The number of ether oxygens (including phenoxy) is 1. The molecule has 0 amide bonds. The number of hydrogen-bond acceptors (Lipinski definition) is 12. The summed E-state index contributed by atoms with van der Waals surface area (Å²) in [6, 6.07) is 35.4. The van der Waals surface area contributed by atoms with Crippen molar-refractivity contribution in [2.24, 2.45) is 0 Å². The number of carboxylic acid groups (broad SMARTS) is 1. The van der Waals surface area contributed by atoms with Crippen molar-refractivity contribution in [2.45, 2.75) is 9.79 Å². The molecule has 8 aromatic rings. The van der Waals surface area contributed by atoms with Crippen LogP contribution in [0.2, 0.25) is 10.3 Å². The molecule has 0 spiro atoms. The molecule has 0 saturated heterocycles. The number of hydrogen-bond donors (Lipinski definition) is 0. The molecule has 0 aliphatic rings. The third-order valence-corrected chi connectivity index (χ3v) is 12.4. The number of fused-ring (bicyclic) bond motifs is 2. The van der Waals surface area contributed by atoms with E-state index in [4.69, 9.17) is 27.9 Å². The molecule has 0 radical (unpaired) electrons. The second-order valence-electron chi connectivity index (χ2n) is 11.9. The minimum absolute atomic E-state index is 0. The standard InChI is InChI=1S/C20H14ClN3O4S.C19H12ClN3O4S.CH3I.Li/c1-28-20(25)16-12-15-17(21)22-18(13-8-4-2-5-9-13)23-19(15)24(16)29(26,27)14-10-6-3-7-11-14;20-16-14-11-15(19(24)25)23(28(26,27)13-9-5-2-6-10-13)18(14)22-17(21-16)12-7-3-1-4-8-12;1-2;/h2-12H,1H3;1-11H,(H,24,25);1H3;/q;;;+1/p-1. The predicted octanol–water partition coefficient (Wildman–Crippen LogP) is 4.18. The molecular formula is C40H28Cl2ILiN6O8S2. The quantitative estimate of drug-likeness (QED) is 0.0694. The molecule has 0 atom stereocenters. The average Bonchev–Trinajstić information content (AvgIpc) is 3.87. The van der Waals surface area contributed by atoms with Gasteiger partial charge < -0.3 is 14.6 Å². The number of rotatable bonds is 8. The molecule has 14 nitrogen and oxygen atoms in total. The largest absolute Gasteiger partial charge is 1.00 e. The SMILES string of the molecule is CI.COC(=O)c1cc2c(Cl)nc(-c3ccccc3)nc2n1S(=O)(=O)c1ccccc1.O=C([O-])c1cc2c(Cl)nc(-c3ccccc3)nc2n1S(=O)(=O)c1ccccc1.[Li+]. The number of aromatic carboxylic acids is 1. The van der Waals surface area contributed by atoms with Gasteiger partial charge in [-0.05, 0) is 41.3 Å². The fourth-order valence-electron chi connectivity index (χ4n) is 5.74. The van der Waals surface area contributed by atoms with Crippen molar-refractivity contribution in [2.75, 3.05) is 12.0 Å². The fraction of sp³-hybridized carbons (Fsp3) is 0.0500. The summed E-state index contributed by atoms with van der Waals surface area (Å²) >= 11 is 14.7. The maximum absolute atomic E-state index is 13.4. The number of esters is 1. The van der Waals surface area contributed by atoms with Crippen molar-refractivity contribution in [1.82, 2.24) is 27.9 Å². The Morgan fingerprint density at radius 2 is 0.917 bits per heavy atom. The van der Waals surface area contributed by atoms with Crippen LogP contribution in [0.3, 0.4) is 0 Å². The Morgan fingerprint density at radius 1 is 0.583 bits per heavy atom. The van der Waals surface area contributed by atoms with Crippen LogP contribution in [-0.4, -0.2) is 68.7 Å². The average molecular weight is 990 g/mol. The molecule has 4 aromatic carbocycles. The van der Waals surface area contributed by atoms with E-state index in [0.717, 1.165) is 10.0 Å². The number of carbonyl (C=O) groups excluding carboxylic acids is 2. The van der Waals surface area contributed by atoms with Crippen molar-refractivity contribution < 1.29 is 55.1 Å². The van der Waals surface area contributed by atoms with Gasteiger partial charge in [0.1, 0.15) is 16.0 Å². The first kappa shape index (κ1) is 45.9. The number of alkyl halides is 1. The van der Waals surface area contributed by atoms with Gasteiger partial charge in [0.2, 0.25) is 0 Å². The second-order valence-corrected chi connectivity index (χ2v) is 16.2. The van der Waals surface area contributed by atoms with Crippen LogP contribution < -0.4 is 24.0 Å². The molecule has 0 saturated carbocycles. The maximum Gasteiger partial charge on any atom is 1.00 e. The normalized spacial score (nSPS) is 11.1. The van der Waals surface area contributed by atoms with Crippen LogP contribution in [0.1, 0.15) is 21.0 Å².